The second kappa shape index (κ2) is 5.46. The SMILES string of the molecule is COC(=O)NCC1(OC)CCSCC1. The van der Waals surface area contributed by atoms with Crippen LogP contribution in [0.25, 0.3) is 0 Å². The summed E-state index contributed by atoms with van der Waals surface area (Å²) in [6.45, 7) is 0.538. The molecule has 0 aromatic rings. The van der Waals surface area contributed by atoms with Crippen LogP contribution < -0.4 is 5.32 Å². The number of carbonyl (C=O) groups excluding carboxylic acids is 1. The maximum Gasteiger partial charge on any atom is 0.406 e. The molecule has 82 valence electrons. The molecule has 1 amide bonds. The minimum Gasteiger partial charge on any atom is -0.453 e. The zero-order chi connectivity index (χ0) is 10.4. The Hall–Kier alpha value is -0.420. The summed E-state index contributed by atoms with van der Waals surface area (Å²) in [6, 6.07) is 0. The lowest BCUT2D eigenvalue weighted by molar-refractivity contribution is -0.0153. The van der Waals surface area contributed by atoms with Crippen LogP contribution >= 0.6 is 11.8 Å². The van der Waals surface area contributed by atoms with E-state index in [1.807, 2.05) is 11.8 Å². The molecule has 1 aliphatic heterocycles. The predicted molar refractivity (Wildman–Crippen MR) is 56.7 cm³/mol. The predicted octanol–water partition coefficient (Wildman–Crippen LogP) is 1.25. The molecule has 1 N–H and O–H groups in total. The number of nitrogens with one attached hydrogen (secondary N) is 1. The minimum absolute atomic E-state index is 0.181. The normalized spacial score (nSPS) is 20.1. The van der Waals surface area contributed by atoms with Crippen LogP contribution in [0.1, 0.15) is 12.8 Å². The van der Waals surface area contributed by atoms with Crippen LogP contribution in [-0.2, 0) is 9.47 Å². The largest absolute Gasteiger partial charge is 0.453 e. The summed E-state index contributed by atoms with van der Waals surface area (Å²) in [4.78, 5) is 10.9. The van der Waals surface area contributed by atoms with E-state index in [0.717, 1.165) is 24.3 Å². The molecule has 0 spiro atoms. The molecule has 1 rings (SSSR count). The van der Waals surface area contributed by atoms with E-state index in [4.69, 9.17) is 4.74 Å². The first-order chi connectivity index (χ1) is 6.72. The van der Waals surface area contributed by atoms with E-state index < -0.39 is 0 Å². The van der Waals surface area contributed by atoms with Crippen molar-refractivity contribution in [1.29, 1.82) is 0 Å². The van der Waals surface area contributed by atoms with Gasteiger partial charge in [0.2, 0.25) is 0 Å². The molecule has 0 radical (unpaired) electrons. The van der Waals surface area contributed by atoms with Gasteiger partial charge in [0, 0.05) is 13.7 Å². The third kappa shape index (κ3) is 3.06. The average Bonchev–Trinajstić information content (AvgIpc) is 2.27. The lowest BCUT2D eigenvalue weighted by Gasteiger charge is -2.35. The van der Waals surface area contributed by atoms with Crippen LogP contribution in [0.3, 0.4) is 0 Å². The number of hydrogen-bond donors (Lipinski definition) is 1. The molecular formula is C9H17NO3S. The maximum absolute atomic E-state index is 10.9. The Bertz CT molecular complexity index is 192. The van der Waals surface area contributed by atoms with Crippen LogP contribution in [0.2, 0.25) is 0 Å². The molecule has 5 heteroatoms. The van der Waals surface area contributed by atoms with Crippen LogP contribution in [0.4, 0.5) is 4.79 Å². The summed E-state index contributed by atoms with van der Waals surface area (Å²) in [7, 11) is 3.07. The fourth-order valence-corrected chi connectivity index (χ4v) is 2.74. The summed E-state index contributed by atoms with van der Waals surface area (Å²) in [5.74, 6) is 2.19. The van der Waals surface area contributed by atoms with Crippen LogP contribution in [0.5, 0.6) is 0 Å². The van der Waals surface area contributed by atoms with Gasteiger partial charge in [0.1, 0.15) is 0 Å². The molecule has 14 heavy (non-hydrogen) atoms. The van der Waals surface area contributed by atoms with Gasteiger partial charge in [-0.05, 0) is 24.3 Å². The van der Waals surface area contributed by atoms with E-state index in [9.17, 15) is 4.79 Å². The van der Waals surface area contributed by atoms with Crippen molar-refractivity contribution in [3.63, 3.8) is 0 Å². The van der Waals surface area contributed by atoms with Crippen molar-refractivity contribution >= 4 is 17.9 Å². The second-order valence-corrected chi connectivity index (χ2v) is 4.57. The molecule has 0 aromatic carbocycles. The third-order valence-corrected chi connectivity index (χ3v) is 3.56. The minimum atomic E-state index is -0.389. The van der Waals surface area contributed by atoms with E-state index in [0.29, 0.717) is 6.54 Å². The number of ether oxygens (including phenoxy) is 2. The summed E-state index contributed by atoms with van der Waals surface area (Å²) >= 11 is 1.93. The molecule has 1 heterocycles. The number of carbonyl (C=O) groups is 1. The van der Waals surface area contributed by atoms with E-state index in [1.54, 1.807) is 7.11 Å². The van der Waals surface area contributed by atoms with Crippen molar-refractivity contribution in [3.8, 4) is 0 Å². The molecular weight excluding hydrogens is 202 g/mol. The quantitative estimate of drug-likeness (QED) is 0.776. The van der Waals surface area contributed by atoms with Gasteiger partial charge in [-0.25, -0.2) is 4.79 Å². The Balaban J connectivity index is 2.39. The first-order valence-corrected chi connectivity index (χ1v) is 5.83. The van der Waals surface area contributed by atoms with Gasteiger partial charge < -0.3 is 14.8 Å². The Labute approximate surface area is 88.7 Å². The highest BCUT2D eigenvalue weighted by Gasteiger charge is 2.32. The van der Waals surface area contributed by atoms with Gasteiger partial charge in [0.25, 0.3) is 0 Å². The maximum atomic E-state index is 10.9. The van der Waals surface area contributed by atoms with Crippen LogP contribution in [0, 0.1) is 0 Å². The number of rotatable bonds is 3. The van der Waals surface area contributed by atoms with E-state index in [-0.39, 0.29) is 11.7 Å². The van der Waals surface area contributed by atoms with Gasteiger partial charge >= 0.3 is 6.09 Å². The highest BCUT2D eigenvalue weighted by atomic mass is 32.2. The lowest BCUT2D eigenvalue weighted by Crippen LogP contribution is -2.46. The Morgan fingerprint density at radius 2 is 2.07 bits per heavy atom. The van der Waals surface area contributed by atoms with Gasteiger partial charge in [0.05, 0.1) is 12.7 Å². The van der Waals surface area contributed by atoms with Crippen LogP contribution in [0.15, 0.2) is 0 Å². The lowest BCUT2D eigenvalue weighted by atomic mass is 9.96. The summed E-state index contributed by atoms with van der Waals surface area (Å²) in [5.41, 5.74) is -0.181. The number of thioether (sulfide) groups is 1. The molecule has 0 aromatic heterocycles. The Kier molecular flexibility index (Phi) is 4.54. The molecule has 1 aliphatic rings. The number of methoxy groups -OCH3 is 2. The molecule has 4 nitrogen and oxygen atoms in total. The van der Waals surface area contributed by atoms with Crippen molar-refractivity contribution < 1.29 is 14.3 Å². The topological polar surface area (TPSA) is 47.6 Å². The third-order valence-electron chi connectivity index (χ3n) is 2.58. The first-order valence-electron chi connectivity index (χ1n) is 4.67. The monoisotopic (exact) mass is 219 g/mol. The number of alkyl carbamates (subject to hydrolysis) is 1. The highest BCUT2D eigenvalue weighted by molar-refractivity contribution is 7.99. The first kappa shape index (κ1) is 11.7. The van der Waals surface area contributed by atoms with Crippen molar-refractivity contribution in [3.05, 3.63) is 0 Å². The van der Waals surface area contributed by atoms with Crippen molar-refractivity contribution in [1.82, 2.24) is 5.32 Å². The fourth-order valence-electron chi connectivity index (χ4n) is 1.50. The van der Waals surface area contributed by atoms with E-state index in [1.165, 1.54) is 7.11 Å². The molecule has 0 saturated carbocycles. The van der Waals surface area contributed by atoms with Crippen molar-refractivity contribution in [2.75, 3.05) is 32.3 Å². The van der Waals surface area contributed by atoms with Gasteiger partial charge in [-0.3, -0.25) is 0 Å². The average molecular weight is 219 g/mol. The molecule has 0 atom stereocenters. The van der Waals surface area contributed by atoms with E-state index >= 15 is 0 Å². The molecule has 0 aliphatic carbocycles. The van der Waals surface area contributed by atoms with Crippen molar-refractivity contribution in [2.24, 2.45) is 0 Å². The summed E-state index contributed by atoms with van der Waals surface area (Å²) in [5, 5.41) is 2.70. The zero-order valence-corrected chi connectivity index (χ0v) is 9.49. The molecule has 0 unspecified atom stereocenters. The van der Waals surface area contributed by atoms with Gasteiger partial charge in [-0.1, -0.05) is 0 Å². The van der Waals surface area contributed by atoms with Gasteiger partial charge in [0.15, 0.2) is 0 Å². The number of amides is 1. The Morgan fingerprint density at radius 3 is 2.57 bits per heavy atom. The highest BCUT2D eigenvalue weighted by Crippen LogP contribution is 2.29. The van der Waals surface area contributed by atoms with E-state index in [2.05, 4.69) is 10.1 Å². The smallest absolute Gasteiger partial charge is 0.406 e. The molecule has 0 bridgehead atoms. The standard InChI is InChI=1S/C9H17NO3S/c1-12-8(11)10-7-9(13-2)3-5-14-6-4-9/h3-7H2,1-2H3,(H,10,11). The summed E-state index contributed by atoms with van der Waals surface area (Å²) in [6.07, 6.45) is 1.58. The Morgan fingerprint density at radius 1 is 1.43 bits per heavy atom. The van der Waals surface area contributed by atoms with Crippen LogP contribution in [-0.4, -0.2) is 44.0 Å². The van der Waals surface area contributed by atoms with Gasteiger partial charge in [-0.15, -0.1) is 0 Å². The fraction of sp³-hybridized carbons (Fsp3) is 0.889. The van der Waals surface area contributed by atoms with Gasteiger partial charge in [-0.2, -0.15) is 11.8 Å². The molecule has 1 fully saturated rings. The van der Waals surface area contributed by atoms with Crippen molar-refractivity contribution in [2.45, 2.75) is 18.4 Å². The summed E-state index contributed by atoms with van der Waals surface area (Å²) < 4.78 is 10.0. The molecule has 1 saturated heterocycles. The second-order valence-electron chi connectivity index (χ2n) is 3.34. The number of hydrogen-bond acceptors (Lipinski definition) is 4. The zero-order valence-electron chi connectivity index (χ0n) is 8.67.